The minimum absolute atomic E-state index is 0.0248. The Balaban J connectivity index is 2.37. The highest BCUT2D eigenvalue weighted by atomic mass is 19.3. The largest absolute Gasteiger partial charge is 0.497 e. The number of rotatable bonds is 0. The Kier molecular flexibility index (Phi) is 1.67. The molecule has 2 aliphatic rings. The summed E-state index contributed by atoms with van der Waals surface area (Å²) in [5.41, 5.74) is 0.966. The fourth-order valence-electron chi connectivity index (χ4n) is 1.68. The normalized spacial score (nSPS) is 26.5. The molecule has 0 amide bonds. The van der Waals surface area contributed by atoms with Crippen LogP contribution in [0.5, 0.6) is 0 Å². The van der Waals surface area contributed by atoms with Crippen LogP contribution in [0.1, 0.15) is 19.3 Å². The van der Waals surface area contributed by atoms with Crippen molar-refractivity contribution in [2.45, 2.75) is 25.2 Å². The first-order chi connectivity index (χ1) is 5.70. The van der Waals surface area contributed by atoms with E-state index in [2.05, 4.69) is 0 Å². The van der Waals surface area contributed by atoms with Gasteiger partial charge >= 0.3 is 0 Å². The van der Waals surface area contributed by atoms with Gasteiger partial charge in [-0.05, 0) is 24.5 Å². The van der Waals surface area contributed by atoms with Gasteiger partial charge in [0.1, 0.15) is 6.61 Å². The second-order valence-corrected chi connectivity index (χ2v) is 3.18. The van der Waals surface area contributed by atoms with E-state index in [1.165, 1.54) is 6.26 Å². The maximum atomic E-state index is 13.2. The number of hydrogen-bond acceptors (Lipinski definition) is 1. The molecule has 1 heterocycles. The average Bonchev–Trinajstić information content (AvgIpc) is 2.04. The Morgan fingerprint density at radius 1 is 1.42 bits per heavy atom. The summed E-state index contributed by atoms with van der Waals surface area (Å²) in [6.45, 7) is 0.0683. The van der Waals surface area contributed by atoms with Crippen LogP contribution in [0.2, 0.25) is 0 Å². The van der Waals surface area contributed by atoms with Crippen molar-refractivity contribution in [3.8, 4) is 0 Å². The van der Waals surface area contributed by atoms with Gasteiger partial charge in [-0.25, -0.2) is 8.78 Å². The molecule has 0 unspecified atom stereocenters. The van der Waals surface area contributed by atoms with E-state index in [0.717, 1.165) is 12.0 Å². The van der Waals surface area contributed by atoms with Crippen LogP contribution in [0.25, 0.3) is 0 Å². The molecule has 0 aromatic carbocycles. The predicted octanol–water partition coefficient (Wildman–Crippen LogP) is 2.65. The lowest BCUT2D eigenvalue weighted by atomic mass is 9.88. The molecule has 3 heteroatoms. The number of hydrogen-bond donors (Lipinski definition) is 0. The van der Waals surface area contributed by atoms with Crippen LogP contribution < -0.4 is 0 Å². The Labute approximate surface area is 69.7 Å². The minimum atomic E-state index is -2.63. The Morgan fingerprint density at radius 2 is 2.25 bits per heavy atom. The monoisotopic (exact) mass is 172 g/mol. The maximum absolute atomic E-state index is 13.2. The van der Waals surface area contributed by atoms with E-state index in [9.17, 15) is 8.78 Å². The van der Waals surface area contributed by atoms with Crippen LogP contribution in [0, 0.1) is 0 Å². The van der Waals surface area contributed by atoms with Gasteiger partial charge < -0.3 is 4.74 Å². The van der Waals surface area contributed by atoms with Crippen molar-refractivity contribution in [2.75, 3.05) is 6.61 Å². The van der Waals surface area contributed by atoms with Crippen LogP contribution in [0.3, 0.4) is 0 Å². The molecule has 0 atom stereocenters. The average molecular weight is 172 g/mol. The molecule has 0 fully saturated rings. The molecule has 0 bridgehead atoms. The third-order valence-electron chi connectivity index (χ3n) is 2.36. The van der Waals surface area contributed by atoms with Gasteiger partial charge in [0.2, 0.25) is 0 Å². The molecule has 0 saturated carbocycles. The smallest absolute Gasteiger partial charge is 0.273 e. The van der Waals surface area contributed by atoms with Crippen molar-refractivity contribution in [1.29, 1.82) is 0 Å². The summed E-state index contributed by atoms with van der Waals surface area (Å²) in [5, 5.41) is 0. The van der Waals surface area contributed by atoms with Crippen molar-refractivity contribution in [3.05, 3.63) is 23.5 Å². The van der Waals surface area contributed by atoms with Gasteiger partial charge in [0.15, 0.2) is 0 Å². The molecule has 0 N–H and O–H groups in total. The van der Waals surface area contributed by atoms with Gasteiger partial charge in [0.05, 0.1) is 6.26 Å². The first kappa shape index (κ1) is 7.77. The van der Waals surface area contributed by atoms with Crippen LogP contribution in [0.15, 0.2) is 23.5 Å². The Bertz CT molecular complexity index is 253. The highest BCUT2D eigenvalue weighted by Crippen LogP contribution is 2.39. The molecule has 12 heavy (non-hydrogen) atoms. The summed E-state index contributed by atoms with van der Waals surface area (Å²) in [5.74, 6) is -2.63. The van der Waals surface area contributed by atoms with E-state index >= 15 is 0 Å². The zero-order valence-corrected chi connectivity index (χ0v) is 6.65. The molecule has 1 aliphatic carbocycles. The highest BCUT2D eigenvalue weighted by molar-refractivity contribution is 5.34. The van der Waals surface area contributed by atoms with E-state index in [-0.39, 0.29) is 18.6 Å². The first-order valence-corrected chi connectivity index (χ1v) is 4.09. The van der Waals surface area contributed by atoms with Gasteiger partial charge in [-0.15, -0.1) is 0 Å². The van der Waals surface area contributed by atoms with Gasteiger partial charge in [-0.2, -0.15) is 0 Å². The van der Waals surface area contributed by atoms with E-state index in [1.807, 2.05) is 0 Å². The number of allylic oxidation sites excluding steroid dienone is 2. The molecule has 2 rings (SSSR count). The summed E-state index contributed by atoms with van der Waals surface area (Å²) >= 11 is 0. The molecule has 0 radical (unpaired) electrons. The van der Waals surface area contributed by atoms with Gasteiger partial charge in [-0.3, -0.25) is 0 Å². The van der Waals surface area contributed by atoms with Crippen molar-refractivity contribution in [3.63, 3.8) is 0 Å². The van der Waals surface area contributed by atoms with E-state index in [0.29, 0.717) is 6.42 Å². The van der Waals surface area contributed by atoms with E-state index in [4.69, 9.17) is 4.74 Å². The Hall–Kier alpha value is -0.860. The number of halogens is 2. The van der Waals surface area contributed by atoms with Crippen molar-refractivity contribution in [1.82, 2.24) is 0 Å². The molecule has 0 saturated heterocycles. The summed E-state index contributed by atoms with van der Waals surface area (Å²) in [7, 11) is 0. The molecule has 66 valence electrons. The topological polar surface area (TPSA) is 9.23 Å². The van der Waals surface area contributed by atoms with Crippen LogP contribution in [0.4, 0.5) is 8.78 Å². The molecular weight excluding hydrogens is 162 g/mol. The minimum Gasteiger partial charge on any atom is -0.497 e. The summed E-state index contributed by atoms with van der Waals surface area (Å²) < 4.78 is 31.2. The standard InChI is InChI=1S/C9H10F2O/c10-9(11)4-1-2-7-3-5-12-6-8(7)9/h3,5H,1-2,4,6H2. The van der Waals surface area contributed by atoms with Crippen LogP contribution in [-0.4, -0.2) is 12.5 Å². The van der Waals surface area contributed by atoms with Gasteiger partial charge in [-0.1, -0.05) is 0 Å². The maximum Gasteiger partial charge on any atom is 0.273 e. The lowest BCUT2D eigenvalue weighted by Crippen LogP contribution is -2.28. The quantitative estimate of drug-likeness (QED) is 0.545. The molecule has 1 nitrogen and oxygen atoms in total. The molecule has 0 spiro atoms. The molecular formula is C9H10F2O. The molecule has 0 aromatic heterocycles. The summed E-state index contributed by atoms with van der Waals surface area (Å²) in [6, 6.07) is 0. The van der Waals surface area contributed by atoms with Crippen molar-refractivity contribution in [2.24, 2.45) is 0 Å². The Morgan fingerprint density at radius 3 is 3.00 bits per heavy atom. The van der Waals surface area contributed by atoms with Gasteiger partial charge in [0, 0.05) is 12.0 Å². The van der Waals surface area contributed by atoms with E-state index in [1.54, 1.807) is 6.08 Å². The van der Waals surface area contributed by atoms with Crippen molar-refractivity contribution >= 4 is 0 Å². The SMILES string of the molecule is FC1(F)CCCC2=C1COC=C2. The lowest BCUT2D eigenvalue weighted by molar-refractivity contribution is 0.0100. The van der Waals surface area contributed by atoms with Gasteiger partial charge in [0.25, 0.3) is 5.92 Å². The lowest BCUT2D eigenvalue weighted by Gasteiger charge is -2.28. The summed E-state index contributed by atoms with van der Waals surface area (Å²) in [6.07, 6.45) is 4.48. The zero-order chi connectivity index (χ0) is 8.60. The second-order valence-electron chi connectivity index (χ2n) is 3.18. The molecule has 1 aliphatic heterocycles. The fourth-order valence-corrected chi connectivity index (χ4v) is 1.68. The third-order valence-corrected chi connectivity index (χ3v) is 2.36. The number of ether oxygens (including phenoxy) is 1. The van der Waals surface area contributed by atoms with Crippen molar-refractivity contribution < 1.29 is 13.5 Å². The molecule has 0 aromatic rings. The summed E-state index contributed by atoms with van der Waals surface area (Å²) in [4.78, 5) is 0. The third kappa shape index (κ3) is 1.13. The zero-order valence-electron chi connectivity index (χ0n) is 6.65. The van der Waals surface area contributed by atoms with E-state index < -0.39 is 5.92 Å². The predicted molar refractivity (Wildman–Crippen MR) is 40.9 cm³/mol. The van der Waals surface area contributed by atoms with Crippen LogP contribution >= 0.6 is 0 Å². The number of alkyl halides is 2. The second kappa shape index (κ2) is 2.57. The highest BCUT2D eigenvalue weighted by Gasteiger charge is 2.39. The van der Waals surface area contributed by atoms with Crippen LogP contribution in [-0.2, 0) is 4.74 Å². The fraction of sp³-hybridized carbons (Fsp3) is 0.556. The first-order valence-electron chi connectivity index (χ1n) is 4.09.